The Morgan fingerprint density at radius 2 is 2.14 bits per heavy atom. The van der Waals surface area contributed by atoms with Gasteiger partial charge in [-0.1, -0.05) is 11.6 Å². The minimum Gasteiger partial charge on any atom is -0.444 e. The highest BCUT2D eigenvalue weighted by Crippen LogP contribution is 2.25. The van der Waals surface area contributed by atoms with Crippen LogP contribution in [0.2, 0.25) is 5.15 Å². The zero-order valence-electron chi connectivity index (χ0n) is 13.2. The smallest absolute Gasteiger partial charge is 0.410 e. The number of hydrogen-bond donors (Lipinski definition) is 1. The summed E-state index contributed by atoms with van der Waals surface area (Å²) in [5.74, 6) is 0. The number of nitrogens with one attached hydrogen (secondary N) is 1. The van der Waals surface area contributed by atoms with E-state index < -0.39 is 5.60 Å². The fourth-order valence-electron chi connectivity index (χ4n) is 2.44. The summed E-state index contributed by atoms with van der Waals surface area (Å²) in [7, 11) is 0. The largest absolute Gasteiger partial charge is 0.444 e. The number of pyridine rings is 1. The molecule has 0 radical (unpaired) electrons. The van der Waals surface area contributed by atoms with Crippen LogP contribution in [0.5, 0.6) is 0 Å². The fourth-order valence-corrected chi connectivity index (χ4v) is 3.21. The number of nitrogens with zero attached hydrogens (tertiary/aromatic N) is 2. The van der Waals surface area contributed by atoms with Gasteiger partial charge in [0.2, 0.25) is 0 Å². The van der Waals surface area contributed by atoms with E-state index in [1.54, 1.807) is 4.90 Å². The van der Waals surface area contributed by atoms with Gasteiger partial charge in [-0.05, 0) is 61.3 Å². The molecule has 1 amide bonds. The van der Waals surface area contributed by atoms with Crippen LogP contribution in [0, 0.1) is 0 Å². The topological polar surface area (TPSA) is 54.5 Å². The van der Waals surface area contributed by atoms with E-state index >= 15 is 0 Å². The number of amides is 1. The minimum atomic E-state index is -0.496. The summed E-state index contributed by atoms with van der Waals surface area (Å²) in [6.45, 7) is 8.80. The molecule has 1 aromatic heterocycles. The molecule has 1 N–H and O–H groups in total. The van der Waals surface area contributed by atoms with Crippen LogP contribution in [0.15, 0.2) is 16.7 Å². The Balaban J connectivity index is 2.15. The molecule has 1 saturated heterocycles. The van der Waals surface area contributed by atoms with E-state index in [2.05, 4.69) is 26.2 Å². The molecule has 2 heterocycles. The number of rotatable bonds is 1. The van der Waals surface area contributed by atoms with Crippen molar-refractivity contribution in [1.29, 1.82) is 0 Å². The Labute approximate surface area is 144 Å². The van der Waals surface area contributed by atoms with E-state index in [0.717, 1.165) is 5.56 Å². The molecule has 0 unspecified atom stereocenters. The van der Waals surface area contributed by atoms with Gasteiger partial charge in [-0.2, -0.15) is 0 Å². The monoisotopic (exact) mass is 389 g/mol. The normalized spacial score (nSPS) is 22.5. The zero-order valence-corrected chi connectivity index (χ0v) is 15.5. The first-order valence-electron chi connectivity index (χ1n) is 7.21. The molecule has 0 aromatic carbocycles. The standard InChI is InChI=1S/C15H21BrClN3O2/c1-9-7-20(14(21)22-15(2,3)4)8-11(18-9)10-5-12(16)19-13(17)6-10/h5-6,9,11,18H,7-8H2,1-4H3/t9-,11+/m1/s1. The van der Waals surface area contributed by atoms with Gasteiger partial charge in [0.15, 0.2) is 0 Å². The van der Waals surface area contributed by atoms with Gasteiger partial charge in [0.1, 0.15) is 15.4 Å². The van der Waals surface area contributed by atoms with Gasteiger partial charge in [0.05, 0.1) is 6.04 Å². The summed E-state index contributed by atoms with van der Waals surface area (Å²) in [5.41, 5.74) is 0.496. The molecule has 0 saturated carbocycles. The molecule has 2 atom stereocenters. The lowest BCUT2D eigenvalue weighted by Crippen LogP contribution is -2.53. The number of aromatic nitrogens is 1. The van der Waals surface area contributed by atoms with E-state index in [9.17, 15) is 4.79 Å². The number of carbonyl (C=O) groups excluding carboxylic acids is 1. The lowest BCUT2D eigenvalue weighted by Gasteiger charge is -2.38. The second-order valence-corrected chi connectivity index (χ2v) is 7.75. The second kappa shape index (κ2) is 6.72. The van der Waals surface area contributed by atoms with E-state index in [-0.39, 0.29) is 18.2 Å². The Kier molecular flexibility index (Phi) is 5.35. The average molecular weight is 391 g/mol. The van der Waals surface area contributed by atoms with Crippen molar-refractivity contribution in [1.82, 2.24) is 15.2 Å². The summed E-state index contributed by atoms with van der Waals surface area (Å²) in [5, 5.41) is 3.90. The van der Waals surface area contributed by atoms with Crippen LogP contribution in [-0.2, 0) is 4.74 Å². The van der Waals surface area contributed by atoms with Gasteiger partial charge < -0.3 is 15.0 Å². The predicted molar refractivity (Wildman–Crippen MR) is 90.1 cm³/mol. The van der Waals surface area contributed by atoms with Gasteiger partial charge in [0.25, 0.3) is 0 Å². The van der Waals surface area contributed by atoms with Crippen molar-refractivity contribution < 1.29 is 9.53 Å². The quantitative estimate of drug-likeness (QED) is 0.742. The third-order valence-corrected chi connectivity index (χ3v) is 3.82. The second-order valence-electron chi connectivity index (χ2n) is 6.55. The van der Waals surface area contributed by atoms with Gasteiger partial charge in [-0.3, -0.25) is 0 Å². The highest BCUT2D eigenvalue weighted by atomic mass is 79.9. The first-order valence-corrected chi connectivity index (χ1v) is 8.38. The van der Waals surface area contributed by atoms with Crippen LogP contribution >= 0.6 is 27.5 Å². The van der Waals surface area contributed by atoms with Crippen LogP contribution < -0.4 is 5.32 Å². The Morgan fingerprint density at radius 1 is 1.45 bits per heavy atom. The number of hydrogen-bond acceptors (Lipinski definition) is 4. The third-order valence-electron chi connectivity index (χ3n) is 3.22. The van der Waals surface area contributed by atoms with Gasteiger partial charge in [-0.15, -0.1) is 0 Å². The molecule has 0 aliphatic carbocycles. The van der Waals surface area contributed by atoms with Crippen molar-refractivity contribution >= 4 is 33.6 Å². The van der Waals surface area contributed by atoms with Crippen molar-refractivity contribution in [3.8, 4) is 0 Å². The molecule has 5 nitrogen and oxygen atoms in total. The summed E-state index contributed by atoms with van der Waals surface area (Å²) >= 11 is 9.37. The van der Waals surface area contributed by atoms with E-state index in [4.69, 9.17) is 16.3 Å². The molecule has 1 fully saturated rings. The number of halogens is 2. The molecule has 2 rings (SSSR count). The molecular weight excluding hydrogens is 370 g/mol. The van der Waals surface area contributed by atoms with Crippen LogP contribution in [0.1, 0.15) is 39.3 Å². The lowest BCUT2D eigenvalue weighted by atomic mass is 10.0. The molecule has 122 valence electrons. The van der Waals surface area contributed by atoms with Crippen LogP contribution in [0.4, 0.5) is 4.79 Å². The van der Waals surface area contributed by atoms with Crippen molar-refractivity contribution in [2.24, 2.45) is 0 Å². The Hall–Kier alpha value is -0.850. The molecule has 7 heteroatoms. The molecule has 1 aliphatic rings. The third kappa shape index (κ3) is 4.83. The van der Waals surface area contributed by atoms with Crippen molar-refractivity contribution in [3.63, 3.8) is 0 Å². The highest BCUT2D eigenvalue weighted by molar-refractivity contribution is 9.10. The van der Waals surface area contributed by atoms with Crippen LogP contribution in [-0.4, -0.2) is 40.7 Å². The molecule has 0 spiro atoms. The molecule has 1 aliphatic heterocycles. The Bertz CT molecular complexity index is 542. The number of carbonyl (C=O) groups is 1. The van der Waals surface area contributed by atoms with Crippen LogP contribution in [0.25, 0.3) is 0 Å². The summed E-state index contributed by atoms with van der Waals surface area (Å²) in [6.07, 6.45) is -0.287. The van der Waals surface area contributed by atoms with Crippen LogP contribution in [0.3, 0.4) is 0 Å². The average Bonchev–Trinajstić information content (AvgIpc) is 2.34. The van der Waals surface area contributed by atoms with E-state index in [1.165, 1.54) is 0 Å². The summed E-state index contributed by atoms with van der Waals surface area (Å²) < 4.78 is 6.15. The highest BCUT2D eigenvalue weighted by Gasteiger charge is 2.31. The van der Waals surface area contributed by atoms with Gasteiger partial charge >= 0.3 is 6.09 Å². The molecule has 0 bridgehead atoms. The van der Waals surface area contributed by atoms with Gasteiger partial charge in [0, 0.05) is 19.1 Å². The maximum atomic E-state index is 12.3. The summed E-state index contributed by atoms with van der Waals surface area (Å²) in [6, 6.07) is 3.88. The maximum Gasteiger partial charge on any atom is 0.410 e. The summed E-state index contributed by atoms with van der Waals surface area (Å²) in [4.78, 5) is 18.1. The van der Waals surface area contributed by atoms with E-state index in [1.807, 2.05) is 39.8 Å². The molecule has 1 aromatic rings. The first-order chi connectivity index (χ1) is 10.1. The van der Waals surface area contributed by atoms with Gasteiger partial charge in [-0.25, -0.2) is 9.78 Å². The molecular formula is C15H21BrClN3O2. The first kappa shape index (κ1) is 17.5. The van der Waals surface area contributed by atoms with Crippen molar-refractivity contribution in [2.75, 3.05) is 13.1 Å². The SMILES string of the molecule is C[C@@H]1CN(C(=O)OC(C)(C)C)C[C@@H](c2cc(Cl)nc(Br)c2)N1. The van der Waals surface area contributed by atoms with Crippen molar-refractivity contribution in [2.45, 2.75) is 45.4 Å². The lowest BCUT2D eigenvalue weighted by molar-refractivity contribution is 0.0159. The minimum absolute atomic E-state index is 0.00642. The Morgan fingerprint density at radius 3 is 2.73 bits per heavy atom. The molecule has 22 heavy (non-hydrogen) atoms. The predicted octanol–water partition coefficient (Wildman–Crippen LogP) is 3.77. The number of ether oxygens (including phenoxy) is 1. The van der Waals surface area contributed by atoms with Crippen molar-refractivity contribution in [3.05, 3.63) is 27.5 Å². The fraction of sp³-hybridized carbons (Fsp3) is 0.600. The number of piperazine rings is 1. The van der Waals surface area contributed by atoms with E-state index in [0.29, 0.717) is 22.8 Å². The maximum absolute atomic E-state index is 12.3. The zero-order chi connectivity index (χ0) is 16.5.